The number of rotatable bonds is 6. The number of carbonyl (C=O) groups excluding carboxylic acids is 2. The third-order valence-electron chi connectivity index (χ3n) is 10.6. The summed E-state index contributed by atoms with van der Waals surface area (Å²) >= 11 is 0. The quantitative estimate of drug-likeness (QED) is 0.397. The second-order valence-corrected chi connectivity index (χ2v) is 14.6. The van der Waals surface area contributed by atoms with Crippen LogP contribution in [-0.4, -0.2) is 70.6 Å². The van der Waals surface area contributed by atoms with Gasteiger partial charge in [-0.1, -0.05) is 43.9 Å². The average Bonchev–Trinajstić information content (AvgIpc) is 3.41. The number of carbonyl (C=O) groups is 2. The van der Waals surface area contributed by atoms with Crippen molar-refractivity contribution in [3.8, 4) is 0 Å². The van der Waals surface area contributed by atoms with Gasteiger partial charge in [-0.05, 0) is 103 Å². The van der Waals surface area contributed by atoms with Crippen LogP contribution in [0.15, 0.2) is 30.3 Å². The van der Waals surface area contributed by atoms with Crippen LogP contribution in [0.1, 0.15) is 104 Å². The Kier molecular flexibility index (Phi) is 8.18. The molecule has 2 saturated carbocycles. The summed E-state index contributed by atoms with van der Waals surface area (Å²) in [7, 11) is 0. The zero-order valence-corrected chi connectivity index (χ0v) is 25.1. The van der Waals surface area contributed by atoms with E-state index < -0.39 is 11.6 Å². The minimum atomic E-state index is -0.548. The van der Waals surface area contributed by atoms with Crippen LogP contribution in [0.3, 0.4) is 0 Å². The highest BCUT2D eigenvalue weighted by Gasteiger charge is 2.46. The number of nitrogens with zero attached hydrogens (tertiary/aromatic N) is 3. The van der Waals surface area contributed by atoms with Crippen LogP contribution in [0.5, 0.6) is 0 Å². The molecule has 6 nitrogen and oxygen atoms in total. The molecule has 2 aliphatic carbocycles. The van der Waals surface area contributed by atoms with Crippen molar-refractivity contribution in [2.24, 2.45) is 11.8 Å². The number of hydrogen-bond donors (Lipinski definition) is 0. The highest BCUT2D eigenvalue weighted by Crippen LogP contribution is 2.46. The molecule has 7 atom stereocenters. The van der Waals surface area contributed by atoms with Crippen LogP contribution < -0.4 is 4.90 Å². The minimum Gasteiger partial charge on any atom is -0.458 e. The lowest BCUT2D eigenvalue weighted by Crippen LogP contribution is -2.62. The van der Waals surface area contributed by atoms with Crippen molar-refractivity contribution in [1.82, 2.24) is 9.80 Å². The Hall–Kier alpha value is -2.08. The smallest absolute Gasteiger partial charge is 0.329 e. The monoisotopic (exact) mass is 549 g/mol. The molecule has 5 aliphatic rings. The Morgan fingerprint density at radius 2 is 1.48 bits per heavy atom. The molecular formula is C34H51N3O3. The summed E-state index contributed by atoms with van der Waals surface area (Å²) < 4.78 is 5.70. The summed E-state index contributed by atoms with van der Waals surface area (Å²) in [6.45, 7) is 6.66. The average molecular weight is 550 g/mol. The topological polar surface area (TPSA) is 53.1 Å². The lowest BCUT2D eigenvalue weighted by atomic mass is 9.68. The van der Waals surface area contributed by atoms with Gasteiger partial charge in [0.2, 0.25) is 5.91 Å². The van der Waals surface area contributed by atoms with Crippen molar-refractivity contribution < 1.29 is 14.3 Å². The van der Waals surface area contributed by atoms with Gasteiger partial charge in [0.25, 0.3) is 0 Å². The SMILES string of the molecule is CC(C)(C)OC(=O)[C@@H]1CCCN1C(=O)CN(c1ccccc1)C1C[C@H]2CCC[C@@H](C1)N2C1C[C@H]2CCC[C@@H](C1)C2. The summed E-state index contributed by atoms with van der Waals surface area (Å²) in [5, 5.41) is 0. The Bertz CT molecular complexity index is 1010. The molecule has 220 valence electrons. The minimum absolute atomic E-state index is 0.0601. The van der Waals surface area contributed by atoms with Gasteiger partial charge >= 0.3 is 5.97 Å². The molecule has 1 aromatic rings. The molecule has 6 heteroatoms. The third kappa shape index (κ3) is 6.07. The maximum absolute atomic E-state index is 13.9. The molecule has 3 aliphatic heterocycles. The second kappa shape index (κ2) is 11.7. The Morgan fingerprint density at radius 1 is 0.825 bits per heavy atom. The van der Waals surface area contributed by atoms with Gasteiger partial charge in [0, 0.05) is 36.4 Å². The van der Waals surface area contributed by atoms with Crippen molar-refractivity contribution in [2.75, 3.05) is 18.0 Å². The summed E-state index contributed by atoms with van der Waals surface area (Å²) in [5.74, 6) is 1.70. The van der Waals surface area contributed by atoms with Crippen LogP contribution in [-0.2, 0) is 14.3 Å². The molecule has 0 aromatic heterocycles. The van der Waals surface area contributed by atoms with Gasteiger partial charge in [-0.25, -0.2) is 4.79 Å². The first kappa shape index (κ1) is 28.1. The van der Waals surface area contributed by atoms with Crippen LogP contribution in [0.4, 0.5) is 5.69 Å². The van der Waals surface area contributed by atoms with E-state index in [4.69, 9.17) is 4.74 Å². The van der Waals surface area contributed by atoms with Gasteiger partial charge in [-0.3, -0.25) is 9.69 Å². The number of ether oxygens (including phenoxy) is 1. The molecule has 5 fully saturated rings. The standard InChI is InChI=1S/C34H51N3O3/c1-34(2,3)40-33(39)31-16-9-17-35(31)32(38)23-36(26-12-5-4-6-13-26)29-21-27-14-8-15-28(22-29)37(27)30-19-24-10-7-11-25(18-24)20-30/h4-6,12-13,24-25,27-31H,7-11,14-23H2,1-3H3/t24-,25+,27-,28+,29?,30?,31-/m0/s1. The number of anilines is 1. The van der Waals surface area contributed by atoms with Gasteiger partial charge < -0.3 is 14.5 Å². The molecule has 1 amide bonds. The molecule has 0 N–H and O–H groups in total. The van der Waals surface area contributed by atoms with Crippen LogP contribution in [0.2, 0.25) is 0 Å². The fourth-order valence-corrected chi connectivity index (χ4v) is 9.15. The largest absolute Gasteiger partial charge is 0.458 e. The van der Waals surface area contributed by atoms with E-state index in [0.717, 1.165) is 42.8 Å². The van der Waals surface area contributed by atoms with Gasteiger partial charge in [0.05, 0.1) is 6.54 Å². The van der Waals surface area contributed by atoms with E-state index in [0.29, 0.717) is 37.6 Å². The molecule has 6 rings (SSSR count). The fourth-order valence-electron chi connectivity index (χ4n) is 9.15. The second-order valence-electron chi connectivity index (χ2n) is 14.6. The Morgan fingerprint density at radius 3 is 2.12 bits per heavy atom. The Balaban J connectivity index is 1.19. The zero-order valence-electron chi connectivity index (χ0n) is 25.1. The number of para-hydroxylation sites is 1. The number of fused-ring (bicyclic) bond motifs is 4. The molecule has 0 radical (unpaired) electrons. The lowest BCUT2D eigenvalue weighted by molar-refractivity contribution is -0.163. The van der Waals surface area contributed by atoms with Crippen molar-refractivity contribution in [1.29, 1.82) is 0 Å². The first-order chi connectivity index (χ1) is 19.2. The first-order valence-electron chi connectivity index (χ1n) is 16.4. The van der Waals surface area contributed by atoms with E-state index in [1.807, 2.05) is 20.8 Å². The van der Waals surface area contributed by atoms with E-state index in [1.165, 1.54) is 57.8 Å². The van der Waals surface area contributed by atoms with E-state index >= 15 is 0 Å². The van der Waals surface area contributed by atoms with E-state index in [2.05, 4.69) is 40.1 Å². The summed E-state index contributed by atoms with van der Waals surface area (Å²) in [6.07, 6.45) is 16.4. The molecule has 40 heavy (non-hydrogen) atoms. The number of piperidine rings is 2. The van der Waals surface area contributed by atoms with E-state index in [9.17, 15) is 9.59 Å². The van der Waals surface area contributed by atoms with E-state index in [1.54, 1.807) is 4.90 Å². The first-order valence-corrected chi connectivity index (χ1v) is 16.4. The highest BCUT2D eigenvalue weighted by molar-refractivity contribution is 5.88. The van der Waals surface area contributed by atoms with E-state index in [-0.39, 0.29) is 11.9 Å². The maximum atomic E-state index is 13.9. The van der Waals surface area contributed by atoms with Crippen molar-refractivity contribution >= 4 is 17.6 Å². The van der Waals surface area contributed by atoms with Crippen molar-refractivity contribution in [2.45, 2.75) is 140 Å². The van der Waals surface area contributed by atoms with Crippen LogP contribution in [0.25, 0.3) is 0 Å². The van der Waals surface area contributed by atoms with Crippen molar-refractivity contribution in [3.05, 3.63) is 30.3 Å². The van der Waals surface area contributed by atoms with Crippen LogP contribution in [0, 0.1) is 11.8 Å². The number of esters is 1. The number of hydrogen-bond acceptors (Lipinski definition) is 5. The summed E-state index contributed by atoms with van der Waals surface area (Å²) in [5.41, 5.74) is 0.584. The van der Waals surface area contributed by atoms with Crippen molar-refractivity contribution in [3.63, 3.8) is 0 Å². The number of benzene rings is 1. The predicted octanol–water partition coefficient (Wildman–Crippen LogP) is 6.18. The maximum Gasteiger partial charge on any atom is 0.329 e. The summed E-state index contributed by atoms with van der Waals surface area (Å²) in [6, 6.07) is 12.5. The Labute approximate surface area is 241 Å². The third-order valence-corrected chi connectivity index (χ3v) is 10.6. The van der Waals surface area contributed by atoms with Gasteiger partial charge in [-0.15, -0.1) is 0 Å². The number of likely N-dealkylation sites (tertiary alicyclic amines) is 1. The molecule has 3 heterocycles. The van der Waals surface area contributed by atoms with Gasteiger partial charge in [0.1, 0.15) is 11.6 Å². The molecule has 2 unspecified atom stereocenters. The number of amides is 1. The zero-order chi connectivity index (χ0) is 27.9. The van der Waals surface area contributed by atoms with Crippen LogP contribution >= 0.6 is 0 Å². The molecular weight excluding hydrogens is 498 g/mol. The fraction of sp³-hybridized carbons (Fsp3) is 0.765. The van der Waals surface area contributed by atoms with Gasteiger partial charge in [0.15, 0.2) is 0 Å². The highest BCUT2D eigenvalue weighted by atomic mass is 16.6. The summed E-state index contributed by atoms with van der Waals surface area (Å²) in [4.78, 5) is 34.1. The van der Waals surface area contributed by atoms with Gasteiger partial charge in [-0.2, -0.15) is 0 Å². The predicted molar refractivity (Wildman–Crippen MR) is 159 cm³/mol. The molecule has 3 saturated heterocycles. The molecule has 4 bridgehead atoms. The molecule has 0 spiro atoms. The normalized spacial score (nSPS) is 34.4. The molecule has 1 aromatic carbocycles. The lowest BCUT2D eigenvalue weighted by Gasteiger charge is -2.56.